The maximum absolute atomic E-state index is 11.7. The third-order valence-corrected chi connectivity index (χ3v) is 3.53. The molecular formula is C12H22N2O4. The molecule has 1 heterocycles. The van der Waals surface area contributed by atoms with Gasteiger partial charge in [0, 0.05) is 19.8 Å². The molecule has 1 aliphatic heterocycles. The van der Waals surface area contributed by atoms with Gasteiger partial charge in [-0.15, -0.1) is 0 Å². The molecule has 1 amide bonds. The molecular weight excluding hydrogens is 236 g/mol. The highest BCUT2D eigenvalue weighted by atomic mass is 16.5. The molecule has 1 fully saturated rings. The highest BCUT2D eigenvalue weighted by Gasteiger charge is 2.40. The zero-order valence-corrected chi connectivity index (χ0v) is 10.9. The fourth-order valence-electron chi connectivity index (χ4n) is 1.91. The number of nitrogens with one attached hydrogen (secondary N) is 1. The zero-order valence-electron chi connectivity index (χ0n) is 10.9. The molecule has 0 aromatic rings. The molecule has 1 unspecified atom stereocenters. The number of nitrogens with two attached hydrogens (primary N) is 1. The lowest BCUT2D eigenvalue weighted by Crippen LogP contribution is -2.51. The maximum Gasteiger partial charge on any atom is 0.311 e. The van der Waals surface area contributed by atoms with Crippen molar-refractivity contribution in [1.82, 2.24) is 5.32 Å². The van der Waals surface area contributed by atoms with Gasteiger partial charge in [0.05, 0.1) is 11.5 Å². The first kappa shape index (κ1) is 14.9. The molecule has 0 radical (unpaired) electrons. The Morgan fingerprint density at radius 1 is 1.39 bits per heavy atom. The van der Waals surface area contributed by atoms with Crippen LogP contribution in [0.3, 0.4) is 0 Å². The summed E-state index contributed by atoms with van der Waals surface area (Å²) in [6, 6.07) is -0.601. The third-order valence-electron chi connectivity index (χ3n) is 3.53. The maximum atomic E-state index is 11.7. The molecule has 6 nitrogen and oxygen atoms in total. The summed E-state index contributed by atoms with van der Waals surface area (Å²) in [5.41, 5.74) is 4.80. The van der Waals surface area contributed by atoms with Crippen molar-refractivity contribution in [2.24, 2.45) is 17.1 Å². The summed E-state index contributed by atoms with van der Waals surface area (Å²) < 4.78 is 5.17. The fraction of sp³-hybridized carbons (Fsp3) is 0.833. The molecule has 4 N–H and O–H groups in total. The van der Waals surface area contributed by atoms with Crippen LogP contribution in [0.15, 0.2) is 0 Å². The molecule has 1 atom stereocenters. The van der Waals surface area contributed by atoms with Crippen LogP contribution in [-0.4, -0.2) is 42.8 Å². The van der Waals surface area contributed by atoms with E-state index in [4.69, 9.17) is 10.5 Å². The zero-order chi connectivity index (χ0) is 13.8. The lowest BCUT2D eigenvalue weighted by molar-refractivity contribution is -0.154. The summed E-state index contributed by atoms with van der Waals surface area (Å²) in [7, 11) is 0. The van der Waals surface area contributed by atoms with Crippen LogP contribution >= 0.6 is 0 Å². The molecule has 0 aromatic carbocycles. The minimum Gasteiger partial charge on any atom is -0.481 e. The molecule has 1 aliphatic rings. The van der Waals surface area contributed by atoms with Gasteiger partial charge in [-0.3, -0.25) is 9.59 Å². The van der Waals surface area contributed by atoms with Crippen LogP contribution in [0.25, 0.3) is 0 Å². The van der Waals surface area contributed by atoms with Crippen LogP contribution in [0.5, 0.6) is 0 Å². The van der Waals surface area contributed by atoms with Gasteiger partial charge in [-0.25, -0.2) is 0 Å². The first-order chi connectivity index (χ1) is 8.39. The molecule has 6 heteroatoms. The summed E-state index contributed by atoms with van der Waals surface area (Å²) in [6.45, 7) is 4.65. The smallest absolute Gasteiger partial charge is 0.311 e. The van der Waals surface area contributed by atoms with Crippen molar-refractivity contribution >= 4 is 11.9 Å². The molecule has 1 rings (SSSR count). The van der Waals surface area contributed by atoms with Crippen molar-refractivity contribution in [1.29, 1.82) is 0 Å². The van der Waals surface area contributed by atoms with Crippen molar-refractivity contribution in [3.63, 3.8) is 0 Å². The first-order valence-corrected chi connectivity index (χ1v) is 6.23. The Morgan fingerprint density at radius 3 is 2.39 bits per heavy atom. The summed E-state index contributed by atoms with van der Waals surface area (Å²) in [5, 5.41) is 12.0. The van der Waals surface area contributed by atoms with E-state index >= 15 is 0 Å². The molecule has 18 heavy (non-hydrogen) atoms. The lowest BCUT2D eigenvalue weighted by Gasteiger charge is -2.33. The number of hydrogen-bond donors (Lipinski definition) is 3. The minimum atomic E-state index is -0.912. The molecule has 0 aromatic heterocycles. The second-order valence-electron chi connectivity index (χ2n) is 5.19. The van der Waals surface area contributed by atoms with Gasteiger partial charge in [0.15, 0.2) is 0 Å². The Bertz CT molecular complexity index is 311. The van der Waals surface area contributed by atoms with Crippen molar-refractivity contribution in [2.45, 2.75) is 32.7 Å². The van der Waals surface area contributed by atoms with Crippen LogP contribution < -0.4 is 11.1 Å². The van der Waals surface area contributed by atoms with Gasteiger partial charge in [0.25, 0.3) is 0 Å². The van der Waals surface area contributed by atoms with Gasteiger partial charge < -0.3 is 20.9 Å². The van der Waals surface area contributed by atoms with E-state index < -0.39 is 17.4 Å². The Labute approximate surface area is 107 Å². The van der Waals surface area contributed by atoms with E-state index in [1.54, 1.807) is 0 Å². The van der Waals surface area contributed by atoms with Crippen LogP contribution in [0, 0.1) is 11.3 Å². The third kappa shape index (κ3) is 3.43. The summed E-state index contributed by atoms with van der Waals surface area (Å²) in [4.78, 5) is 23.1. The fourth-order valence-corrected chi connectivity index (χ4v) is 1.91. The van der Waals surface area contributed by atoms with Crippen LogP contribution in [0.1, 0.15) is 26.7 Å². The van der Waals surface area contributed by atoms with E-state index in [2.05, 4.69) is 5.32 Å². The van der Waals surface area contributed by atoms with Crippen molar-refractivity contribution < 1.29 is 19.4 Å². The number of hydrogen-bond acceptors (Lipinski definition) is 4. The van der Waals surface area contributed by atoms with Crippen LogP contribution in [0.2, 0.25) is 0 Å². The number of carboxylic acids is 1. The Hall–Kier alpha value is -1.14. The number of carbonyl (C=O) groups excluding carboxylic acids is 1. The molecule has 0 spiro atoms. The van der Waals surface area contributed by atoms with E-state index in [1.807, 2.05) is 13.8 Å². The quantitative estimate of drug-likeness (QED) is 0.642. The second kappa shape index (κ2) is 6.15. The van der Waals surface area contributed by atoms with Gasteiger partial charge in [0.1, 0.15) is 0 Å². The second-order valence-corrected chi connectivity index (χ2v) is 5.19. The number of carbonyl (C=O) groups is 2. The highest BCUT2D eigenvalue weighted by molar-refractivity contribution is 5.83. The van der Waals surface area contributed by atoms with Gasteiger partial charge in [-0.2, -0.15) is 0 Å². The van der Waals surface area contributed by atoms with Gasteiger partial charge >= 0.3 is 5.97 Å². The average molecular weight is 258 g/mol. The van der Waals surface area contributed by atoms with E-state index in [-0.39, 0.29) is 18.4 Å². The molecule has 0 aliphatic carbocycles. The van der Waals surface area contributed by atoms with E-state index in [1.165, 1.54) is 0 Å². The number of aliphatic carboxylic acids is 1. The largest absolute Gasteiger partial charge is 0.481 e. The molecule has 0 saturated carbocycles. The summed E-state index contributed by atoms with van der Waals surface area (Å²) in [5.74, 6) is -1.15. The van der Waals surface area contributed by atoms with E-state index in [9.17, 15) is 14.7 Å². The monoisotopic (exact) mass is 258 g/mol. The SMILES string of the molecule is CC(C)C(N)C(=O)NCC1(C(=O)O)CCOCC1. The van der Waals surface area contributed by atoms with E-state index in [0.717, 1.165) is 0 Å². The number of ether oxygens (including phenoxy) is 1. The van der Waals surface area contributed by atoms with Gasteiger partial charge in [-0.1, -0.05) is 13.8 Å². The molecule has 1 saturated heterocycles. The number of amides is 1. The van der Waals surface area contributed by atoms with Crippen molar-refractivity contribution in [2.75, 3.05) is 19.8 Å². The molecule has 104 valence electrons. The van der Waals surface area contributed by atoms with Gasteiger partial charge in [0.2, 0.25) is 5.91 Å². The Balaban J connectivity index is 2.58. The predicted molar refractivity (Wildman–Crippen MR) is 65.9 cm³/mol. The van der Waals surface area contributed by atoms with Crippen molar-refractivity contribution in [3.8, 4) is 0 Å². The first-order valence-electron chi connectivity index (χ1n) is 6.23. The highest BCUT2D eigenvalue weighted by Crippen LogP contribution is 2.30. The standard InChI is InChI=1S/C12H22N2O4/c1-8(2)9(13)10(15)14-7-12(11(16)17)3-5-18-6-4-12/h8-9H,3-7,13H2,1-2H3,(H,14,15)(H,16,17). The van der Waals surface area contributed by atoms with Gasteiger partial charge in [-0.05, 0) is 18.8 Å². The van der Waals surface area contributed by atoms with Crippen molar-refractivity contribution in [3.05, 3.63) is 0 Å². The van der Waals surface area contributed by atoms with Crippen LogP contribution in [-0.2, 0) is 14.3 Å². The molecule has 0 bridgehead atoms. The minimum absolute atomic E-state index is 0.0282. The van der Waals surface area contributed by atoms with Crippen LogP contribution in [0.4, 0.5) is 0 Å². The lowest BCUT2D eigenvalue weighted by atomic mass is 9.80. The summed E-state index contributed by atoms with van der Waals surface area (Å²) in [6.07, 6.45) is 0.832. The topological polar surface area (TPSA) is 102 Å². The van der Waals surface area contributed by atoms with E-state index in [0.29, 0.717) is 26.1 Å². The summed E-state index contributed by atoms with van der Waals surface area (Å²) >= 11 is 0. The Morgan fingerprint density at radius 2 is 1.94 bits per heavy atom. The Kier molecular flexibility index (Phi) is 5.10. The normalized spacial score (nSPS) is 20.4. The number of carboxylic acid groups (broad SMARTS) is 1. The number of rotatable bonds is 5. The predicted octanol–water partition coefficient (Wildman–Crippen LogP) is -0.0327. The average Bonchev–Trinajstić information content (AvgIpc) is 2.35.